The molecule has 0 aliphatic heterocycles. The largest absolute Gasteiger partial charge is 0.387 e. The van der Waals surface area contributed by atoms with Crippen LogP contribution in [0, 0.1) is 0 Å². The smallest absolute Gasteiger partial charge is 0.151 e. The minimum Gasteiger partial charge on any atom is -0.387 e. The Morgan fingerprint density at radius 1 is 0.923 bits per heavy atom. The second kappa shape index (κ2) is 5.22. The molecule has 0 radical (unpaired) electrons. The molecule has 7 N–H and O–H groups in total. The lowest BCUT2D eigenvalue weighted by molar-refractivity contribution is -0.143. The molecule has 7 nitrogen and oxygen atoms in total. The molecule has 0 saturated carbocycles. The van der Waals surface area contributed by atoms with Gasteiger partial charge in [0.25, 0.3) is 0 Å². The maximum Gasteiger partial charge on any atom is 0.151 e. The van der Waals surface area contributed by atoms with Gasteiger partial charge in [0.2, 0.25) is 0 Å². The number of carbonyl (C=O) groups excluding carboxylic acids is 1. The maximum atomic E-state index is 9.95. The van der Waals surface area contributed by atoms with Gasteiger partial charge in [0.05, 0.1) is 0 Å². The molecule has 0 aromatic rings. The van der Waals surface area contributed by atoms with E-state index in [1.165, 1.54) is 0 Å². The number of hydrogen-bond acceptors (Lipinski definition) is 7. The van der Waals surface area contributed by atoms with Gasteiger partial charge in [0.15, 0.2) is 6.29 Å². The van der Waals surface area contributed by atoms with Crippen LogP contribution in [0.1, 0.15) is 0 Å². The van der Waals surface area contributed by atoms with E-state index in [-0.39, 0.29) is 6.29 Å². The van der Waals surface area contributed by atoms with E-state index in [2.05, 4.69) is 0 Å². The Morgan fingerprint density at radius 3 is 1.69 bits per heavy atom. The van der Waals surface area contributed by atoms with Crippen molar-refractivity contribution in [3.8, 4) is 0 Å². The van der Waals surface area contributed by atoms with Gasteiger partial charge in [-0.05, 0) is 0 Å². The lowest BCUT2D eigenvalue weighted by Gasteiger charge is -2.25. The molecule has 0 rings (SSSR count). The summed E-state index contributed by atoms with van der Waals surface area (Å²) in [6, 6.07) is 0. The van der Waals surface area contributed by atoms with E-state index in [9.17, 15) is 4.79 Å². The van der Waals surface area contributed by atoms with E-state index < -0.39 is 30.6 Å². The predicted octanol–water partition coefficient (Wildman–Crippen LogP) is -4.09. The summed E-state index contributed by atoms with van der Waals surface area (Å²) in [5, 5.41) is 44.1. The summed E-state index contributed by atoms with van der Waals surface area (Å²) in [7, 11) is 0. The van der Waals surface area contributed by atoms with Gasteiger partial charge in [0.1, 0.15) is 30.6 Å². The normalized spacial score (nSPS) is 22.9. The number of aliphatic hydroxyl groups is 5. The lowest BCUT2D eigenvalue weighted by Crippen LogP contribution is -2.51. The first-order valence-electron chi connectivity index (χ1n) is 3.53. The Hall–Kier alpha value is -0.570. The maximum absolute atomic E-state index is 9.95. The Kier molecular flexibility index (Phi) is 4.99. The molecule has 0 amide bonds. The van der Waals surface area contributed by atoms with Crippen molar-refractivity contribution in [2.45, 2.75) is 30.6 Å². The molecule has 0 spiro atoms. The summed E-state index contributed by atoms with van der Waals surface area (Å²) in [4.78, 5) is 9.95. The monoisotopic (exact) mass is 195 g/mol. The first-order valence-corrected chi connectivity index (χ1v) is 3.53. The highest BCUT2D eigenvalue weighted by atomic mass is 16.4. The van der Waals surface area contributed by atoms with Gasteiger partial charge in [-0.15, -0.1) is 0 Å². The van der Waals surface area contributed by atoms with Crippen LogP contribution in [0.4, 0.5) is 0 Å². The third-order valence-electron chi connectivity index (χ3n) is 1.54. The zero-order valence-electron chi connectivity index (χ0n) is 6.69. The Morgan fingerprint density at radius 2 is 1.38 bits per heavy atom. The van der Waals surface area contributed by atoms with Crippen molar-refractivity contribution in [1.29, 1.82) is 0 Å². The second-order valence-corrected chi connectivity index (χ2v) is 2.59. The van der Waals surface area contributed by atoms with Crippen LogP contribution in [-0.4, -0.2) is 62.5 Å². The number of nitrogens with two attached hydrogens (primary N) is 1. The van der Waals surface area contributed by atoms with Crippen molar-refractivity contribution < 1.29 is 30.3 Å². The quantitative estimate of drug-likeness (QED) is 0.193. The molecule has 7 heteroatoms. The zero-order chi connectivity index (χ0) is 10.6. The van der Waals surface area contributed by atoms with E-state index in [0.29, 0.717) is 0 Å². The molecule has 5 atom stereocenters. The Labute approximate surface area is 74.0 Å². The Bertz CT molecular complexity index is 163. The summed E-state index contributed by atoms with van der Waals surface area (Å²) >= 11 is 0. The fraction of sp³-hybridized carbons (Fsp3) is 0.833. The third kappa shape index (κ3) is 3.35. The SMILES string of the molecule is NC(O)C(O)C(O)C(O)C(O)C=O. The first kappa shape index (κ1) is 12.4. The molecule has 5 unspecified atom stereocenters. The van der Waals surface area contributed by atoms with Gasteiger partial charge in [0, 0.05) is 0 Å². The average molecular weight is 195 g/mol. The number of carbonyl (C=O) groups is 1. The average Bonchev–Trinajstić information content (AvgIpc) is 2.12. The number of hydrogen-bond donors (Lipinski definition) is 6. The highest BCUT2D eigenvalue weighted by Crippen LogP contribution is 2.05. The standard InChI is InChI=1S/C6H13NO6/c7-6(13)5(12)4(11)3(10)2(9)1-8/h1-6,9-13H,7H2. The first-order chi connectivity index (χ1) is 5.91. The van der Waals surface area contributed by atoms with Crippen molar-refractivity contribution >= 4 is 6.29 Å². The second-order valence-electron chi connectivity index (χ2n) is 2.59. The van der Waals surface area contributed by atoms with Crippen LogP contribution < -0.4 is 5.73 Å². The molecule has 0 saturated heterocycles. The van der Waals surface area contributed by atoms with Gasteiger partial charge in [-0.25, -0.2) is 0 Å². The highest BCUT2D eigenvalue weighted by molar-refractivity contribution is 5.56. The summed E-state index contributed by atoms with van der Waals surface area (Å²) in [5.74, 6) is 0. The molecule has 0 aromatic heterocycles. The van der Waals surface area contributed by atoms with Crippen molar-refractivity contribution in [3.63, 3.8) is 0 Å². The number of rotatable bonds is 5. The van der Waals surface area contributed by atoms with Crippen LogP contribution in [0.5, 0.6) is 0 Å². The lowest BCUT2D eigenvalue weighted by atomic mass is 10.0. The Balaban J connectivity index is 4.23. The van der Waals surface area contributed by atoms with Gasteiger partial charge < -0.3 is 36.1 Å². The molecule has 0 aliphatic carbocycles. The molecular weight excluding hydrogens is 182 g/mol. The molecule has 0 fully saturated rings. The molecule has 78 valence electrons. The van der Waals surface area contributed by atoms with Crippen molar-refractivity contribution in [3.05, 3.63) is 0 Å². The molecule has 0 heterocycles. The van der Waals surface area contributed by atoms with Crippen LogP contribution in [-0.2, 0) is 4.79 Å². The highest BCUT2D eigenvalue weighted by Gasteiger charge is 2.32. The van der Waals surface area contributed by atoms with Crippen molar-refractivity contribution in [2.24, 2.45) is 5.73 Å². The molecule has 0 bridgehead atoms. The minimum atomic E-state index is -1.89. The van der Waals surface area contributed by atoms with Gasteiger partial charge in [-0.3, -0.25) is 0 Å². The van der Waals surface area contributed by atoms with Gasteiger partial charge in [-0.1, -0.05) is 0 Å². The minimum absolute atomic E-state index is 0.0104. The van der Waals surface area contributed by atoms with E-state index in [1.54, 1.807) is 0 Å². The summed E-state index contributed by atoms with van der Waals surface area (Å²) < 4.78 is 0. The van der Waals surface area contributed by atoms with Gasteiger partial charge in [-0.2, -0.15) is 0 Å². The van der Waals surface area contributed by atoms with E-state index in [4.69, 9.17) is 31.3 Å². The fourth-order valence-electron chi connectivity index (χ4n) is 0.687. The molecule has 0 aliphatic rings. The van der Waals surface area contributed by atoms with E-state index >= 15 is 0 Å². The van der Waals surface area contributed by atoms with Crippen molar-refractivity contribution in [2.75, 3.05) is 0 Å². The molecular formula is C6H13NO6. The molecule has 13 heavy (non-hydrogen) atoms. The summed E-state index contributed by atoms with van der Waals surface area (Å²) in [6.45, 7) is 0. The van der Waals surface area contributed by atoms with E-state index in [0.717, 1.165) is 0 Å². The number of aldehydes is 1. The van der Waals surface area contributed by atoms with Crippen LogP contribution in [0.2, 0.25) is 0 Å². The van der Waals surface area contributed by atoms with Crippen LogP contribution >= 0.6 is 0 Å². The summed E-state index contributed by atoms with van der Waals surface area (Å²) in [6.07, 6.45) is -9.20. The molecule has 0 aromatic carbocycles. The van der Waals surface area contributed by atoms with Crippen LogP contribution in [0.15, 0.2) is 0 Å². The van der Waals surface area contributed by atoms with Crippen LogP contribution in [0.25, 0.3) is 0 Å². The number of aliphatic hydroxyl groups excluding tert-OH is 5. The fourth-order valence-corrected chi connectivity index (χ4v) is 0.687. The van der Waals surface area contributed by atoms with Gasteiger partial charge >= 0.3 is 0 Å². The van der Waals surface area contributed by atoms with Crippen LogP contribution in [0.3, 0.4) is 0 Å². The zero-order valence-corrected chi connectivity index (χ0v) is 6.69. The predicted molar refractivity (Wildman–Crippen MR) is 40.3 cm³/mol. The topological polar surface area (TPSA) is 144 Å². The third-order valence-corrected chi connectivity index (χ3v) is 1.54. The van der Waals surface area contributed by atoms with E-state index in [1.807, 2.05) is 0 Å². The van der Waals surface area contributed by atoms with Crippen molar-refractivity contribution in [1.82, 2.24) is 0 Å². The summed E-state index contributed by atoms with van der Waals surface area (Å²) in [5.41, 5.74) is 4.78.